The average Bonchev–Trinajstić information content (AvgIpc) is 2.65. The maximum atomic E-state index is 10.9. The first-order valence-corrected chi connectivity index (χ1v) is 4.07. The molecule has 5 heteroatoms. The summed E-state index contributed by atoms with van der Waals surface area (Å²) in [4.78, 5) is 29.2. The Morgan fingerprint density at radius 3 is 3.00 bits per heavy atom. The number of aromatic nitrogens is 1. The second kappa shape index (κ2) is 3.37. The van der Waals surface area contributed by atoms with Gasteiger partial charge in [0.2, 0.25) is 0 Å². The maximum Gasteiger partial charge on any atom is 0.267 e. The van der Waals surface area contributed by atoms with Gasteiger partial charge in [0.05, 0.1) is 6.54 Å². The zero-order valence-electron chi connectivity index (χ0n) is 7.23. The molecule has 70 valence electrons. The average molecular weight is 189 g/mol. The van der Waals surface area contributed by atoms with Gasteiger partial charge < -0.3 is 5.32 Å². The van der Waals surface area contributed by atoms with Crippen molar-refractivity contribution in [3.05, 3.63) is 29.6 Å². The van der Waals surface area contributed by atoms with Crippen LogP contribution in [0.25, 0.3) is 0 Å². The number of aldehydes is 1. The van der Waals surface area contributed by atoms with Gasteiger partial charge in [0.1, 0.15) is 5.69 Å². The molecule has 0 saturated heterocycles. The molecule has 0 aliphatic carbocycles. The van der Waals surface area contributed by atoms with Gasteiger partial charge in [-0.2, -0.15) is 4.99 Å². The number of nitrogens with zero attached hydrogens (tertiary/aromatic N) is 2. The van der Waals surface area contributed by atoms with Crippen LogP contribution in [0.1, 0.15) is 16.1 Å². The first kappa shape index (κ1) is 8.55. The first-order valence-electron chi connectivity index (χ1n) is 4.07. The minimum absolute atomic E-state index is 0.171. The summed E-state index contributed by atoms with van der Waals surface area (Å²) in [6.07, 6.45) is 2.24. The van der Waals surface area contributed by atoms with Crippen molar-refractivity contribution in [1.82, 2.24) is 10.3 Å². The van der Waals surface area contributed by atoms with Crippen molar-refractivity contribution >= 4 is 18.0 Å². The molecule has 0 saturated carbocycles. The van der Waals surface area contributed by atoms with Gasteiger partial charge in [-0.25, -0.2) is 0 Å². The molecule has 1 aromatic rings. The number of carbonyl (C=O) groups excluding carboxylic acids is 2. The summed E-state index contributed by atoms with van der Waals surface area (Å²) in [5, 5.41) is 2.78. The van der Waals surface area contributed by atoms with Gasteiger partial charge in [-0.1, -0.05) is 0 Å². The van der Waals surface area contributed by atoms with E-state index in [1.807, 2.05) is 0 Å². The molecule has 1 aromatic heterocycles. The van der Waals surface area contributed by atoms with Crippen LogP contribution in [0, 0.1) is 0 Å². The number of amidine groups is 1. The Kier molecular flexibility index (Phi) is 2.06. The van der Waals surface area contributed by atoms with Gasteiger partial charge in [-0.05, 0) is 12.1 Å². The van der Waals surface area contributed by atoms with Crippen LogP contribution in [0.3, 0.4) is 0 Å². The van der Waals surface area contributed by atoms with Gasteiger partial charge in [0.15, 0.2) is 12.1 Å². The molecule has 2 rings (SSSR count). The number of rotatable bonds is 2. The lowest BCUT2D eigenvalue weighted by atomic mass is 10.2. The topological polar surface area (TPSA) is 71.4 Å². The van der Waals surface area contributed by atoms with Crippen LogP contribution in [0.5, 0.6) is 0 Å². The quantitative estimate of drug-likeness (QED) is 0.652. The molecule has 1 amide bonds. The van der Waals surface area contributed by atoms with Crippen LogP contribution < -0.4 is 5.32 Å². The Balaban J connectivity index is 2.46. The highest BCUT2D eigenvalue weighted by molar-refractivity contribution is 6.12. The minimum atomic E-state index is -0.248. The van der Waals surface area contributed by atoms with Crippen molar-refractivity contribution in [1.29, 1.82) is 0 Å². The van der Waals surface area contributed by atoms with E-state index in [-0.39, 0.29) is 12.5 Å². The highest BCUT2D eigenvalue weighted by atomic mass is 16.1. The molecule has 0 radical (unpaired) electrons. The fraction of sp³-hybridized carbons (Fsp3) is 0.111. The van der Waals surface area contributed by atoms with E-state index in [4.69, 9.17) is 0 Å². The van der Waals surface area contributed by atoms with Gasteiger partial charge in [-0.15, -0.1) is 0 Å². The number of amides is 1. The molecule has 5 nitrogen and oxygen atoms in total. The highest BCUT2D eigenvalue weighted by Crippen LogP contribution is 2.05. The van der Waals surface area contributed by atoms with Gasteiger partial charge in [0, 0.05) is 11.8 Å². The minimum Gasteiger partial charge on any atom is -0.359 e. The van der Waals surface area contributed by atoms with E-state index in [1.54, 1.807) is 18.3 Å². The number of hydrogen-bond acceptors (Lipinski definition) is 4. The van der Waals surface area contributed by atoms with Gasteiger partial charge in [0.25, 0.3) is 5.91 Å². The SMILES string of the molecule is O=Cc1cccnc1C1=NC(=O)CN1. The zero-order valence-corrected chi connectivity index (χ0v) is 7.23. The molecule has 0 bridgehead atoms. The maximum absolute atomic E-state index is 10.9. The second-order valence-electron chi connectivity index (χ2n) is 2.77. The summed E-state index contributed by atoms with van der Waals surface area (Å²) >= 11 is 0. The molecule has 0 aromatic carbocycles. The van der Waals surface area contributed by atoms with Gasteiger partial charge in [-0.3, -0.25) is 14.6 Å². The van der Waals surface area contributed by atoms with E-state index in [0.717, 1.165) is 0 Å². The molecule has 1 N–H and O–H groups in total. The standard InChI is InChI=1S/C9H7N3O2/c13-5-6-2-1-3-10-8(6)9-11-4-7(14)12-9/h1-3,5H,4H2,(H,11,12,14). The lowest BCUT2D eigenvalue weighted by Gasteiger charge is -2.01. The molecule has 0 unspecified atom stereocenters. The van der Waals surface area contributed by atoms with E-state index >= 15 is 0 Å². The van der Waals surface area contributed by atoms with Crippen LogP contribution in [0.2, 0.25) is 0 Å². The van der Waals surface area contributed by atoms with Crippen molar-refractivity contribution in [2.24, 2.45) is 4.99 Å². The fourth-order valence-electron chi connectivity index (χ4n) is 1.21. The molecular weight excluding hydrogens is 182 g/mol. The molecule has 14 heavy (non-hydrogen) atoms. The van der Waals surface area contributed by atoms with Crippen LogP contribution >= 0.6 is 0 Å². The Bertz CT molecular complexity index is 426. The van der Waals surface area contributed by atoms with Crippen LogP contribution in [-0.2, 0) is 4.79 Å². The lowest BCUT2D eigenvalue weighted by Crippen LogP contribution is -2.22. The molecule has 1 aliphatic heterocycles. The number of hydrogen-bond donors (Lipinski definition) is 1. The van der Waals surface area contributed by atoms with Crippen molar-refractivity contribution in [3.8, 4) is 0 Å². The lowest BCUT2D eigenvalue weighted by molar-refractivity contribution is -0.116. The predicted molar refractivity (Wildman–Crippen MR) is 49.2 cm³/mol. The molecule has 0 atom stereocenters. The molecule has 1 aliphatic rings. The van der Waals surface area contributed by atoms with E-state index in [2.05, 4.69) is 15.3 Å². The van der Waals surface area contributed by atoms with E-state index in [9.17, 15) is 9.59 Å². The Hall–Kier alpha value is -2.04. The van der Waals surface area contributed by atoms with Crippen LogP contribution in [0.15, 0.2) is 23.3 Å². The van der Waals surface area contributed by atoms with Crippen molar-refractivity contribution in [2.75, 3.05) is 6.54 Å². The Morgan fingerprint density at radius 1 is 1.50 bits per heavy atom. The van der Waals surface area contributed by atoms with Gasteiger partial charge >= 0.3 is 0 Å². The van der Waals surface area contributed by atoms with Crippen molar-refractivity contribution < 1.29 is 9.59 Å². The van der Waals surface area contributed by atoms with E-state index < -0.39 is 0 Å². The Labute approximate surface area is 79.9 Å². The monoisotopic (exact) mass is 189 g/mol. The number of nitrogens with one attached hydrogen (secondary N) is 1. The third-order valence-corrected chi connectivity index (χ3v) is 1.83. The fourth-order valence-corrected chi connectivity index (χ4v) is 1.21. The first-order chi connectivity index (χ1) is 6.81. The number of aliphatic imine (C=N–C) groups is 1. The summed E-state index contributed by atoms with van der Waals surface area (Å²) in [5.74, 6) is 0.125. The van der Waals surface area contributed by atoms with Crippen molar-refractivity contribution in [3.63, 3.8) is 0 Å². The summed E-state index contributed by atoms with van der Waals surface area (Å²) in [6.45, 7) is 0.171. The third kappa shape index (κ3) is 1.39. The normalized spacial score (nSPS) is 14.9. The summed E-state index contributed by atoms with van der Waals surface area (Å²) < 4.78 is 0. The van der Waals surface area contributed by atoms with E-state index in [0.29, 0.717) is 23.4 Å². The van der Waals surface area contributed by atoms with E-state index in [1.165, 1.54) is 0 Å². The largest absolute Gasteiger partial charge is 0.359 e. The number of pyridine rings is 1. The zero-order chi connectivity index (χ0) is 9.97. The summed E-state index contributed by atoms with van der Waals surface area (Å²) in [6, 6.07) is 3.28. The molecule has 0 spiro atoms. The van der Waals surface area contributed by atoms with Crippen LogP contribution in [0.4, 0.5) is 0 Å². The predicted octanol–water partition coefficient (Wildman–Crippen LogP) is -0.230. The molecule has 0 fully saturated rings. The molecule has 2 heterocycles. The third-order valence-electron chi connectivity index (χ3n) is 1.83. The number of carbonyl (C=O) groups is 2. The highest BCUT2D eigenvalue weighted by Gasteiger charge is 2.17. The van der Waals surface area contributed by atoms with Crippen molar-refractivity contribution in [2.45, 2.75) is 0 Å². The summed E-state index contributed by atoms with van der Waals surface area (Å²) in [7, 11) is 0. The Morgan fingerprint density at radius 2 is 2.36 bits per heavy atom. The van der Waals surface area contributed by atoms with Crippen LogP contribution in [-0.4, -0.2) is 29.6 Å². The second-order valence-corrected chi connectivity index (χ2v) is 2.77. The summed E-state index contributed by atoms with van der Waals surface area (Å²) in [5.41, 5.74) is 0.849. The smallest absolute Gasteiger partial charge is 0.267 e. The molecular formula is C9H7N3O2.